The average molecular weight is 286 g/mol. The van der Waals surface area contributed by atoms with E-state index in [1.165, 1.54) is 7.11 Å². The SMILES string of the molecule is COCCS(=O)(=O)CC(=O)Nc1cccc(N)c1C. The molecular formula is C12H18N2O4S. The van der Waals surface area contributed by atoms with Crippen LogP contribution in [0.15, 0.2) is 18.2 Å². The number of ether oxygens (including phenoxy) is 1. The number of sulfone groups is 1. The lowest BCUT2D eigenvalue weighted by molar-refractivity contribution is -0.113. The van der Waals surface area contributed by atoms with E-state index in [2.05, 4.69) is 10.1 Å². The van der Waals surface area contributed by atoms with Gasteiger partial charge in [-0.3, -0.25) is 4.79 Å². The van der Waals surface area contributed by atoms with Crippen LogP contribution < -0.4 is 11.1 Å². The topological polar surface area (TPSA) is 98.5 Å². The highest BCUT2D eigenvalue weighted by molar-refractivity contribution is 7.92. The second kappa shape index (κ2) is 6.53. The number of amides is 1. The molecule has 106 valence electrons. The maximum atomic E-state index is 11.7. The molecule has 6 nitrogen and oxygen atoms in total. The fraction of sp³-hybridized carbons (Fsp3) is 0.417. The summed E-state index contributed by atoms with van der Waals surface area (Å²) in [4.78, 5) is 11.7. The lowest BCUT2D eigenvalue weighted by Crippen LogP contribution is -2.26. The Bertz CT molecular complexity index is 555. The van der Waals surface area contributed by atoms with Crippen LogP contribution in [-0.4, -0.2) is 39.5 Å². The molecule has 0 unspecified atom stereocenters. The molecule has 1 amide bonds. The molecule has 0 atom stereocenters. The van der Waals surface area contributed by atoms with Gasteiger partial charge in [-0.25, -0.2) is 8.42 Å². The Hall–Kier alpha value is -1.60. The van der Waals surface area contributed by atoms with Gasteiger partial charge in [0.05, 0.1) is 12.4 Å². The fourth-order valence-electron chi connectivity index (χ4n) is 1.46. The van der Waals surface area contributed by atoms with Crippen molar-refractivity contribution in [1.29, 1.82) is 0 Å². The number of nitrogens with two attached hydrogens (primary N) is 1. The third kappa shape index (κ3) is 4.88. The number of nitrogen functional groups attached to an aromatic ring is 1. The molecule has 1 aromatic rings. The summed E-state index contributed by atoms with van der Waals surface area (Å²) in [5.41, 5.74) is 7.48. The molecule has 0 heterocycles. The predicted octanol–water partition coefficient (Wildman–Crippen LogP) is 0.577. The van der Waals surface area contributed by atoms with Crippen molar-refractivity contribution < 1.29 is 17.9 Å². The van der Waals surface area contributed by atoms with Gasteiger partial charge in [-0.05, 0) is 24.6 Å². The van der Waals surface area contributed by atoms with Crippen LogP contribution in [0.1, 0.15) is 5.56 Å². The monoisotopic (exact) mass is 286 g/mol. The molecule has 0 aliphatic carbocycles. The molecule has 1 aromatic carbocycles. The van der Waals surface area contributed by atoms with Crippen molar-refractivity contribution in [3.8, 4) is 0 Å². The molecule has 3 N–H and O–H groups in total. The Labute approximate surface area is 112 Å². The summed E-state index contributed by atoms with van der Waals surface area (Å²) in [6, 6.07) is 5.07. The van der Waals surface area contributed by atoms with E-state index in [1.54, 1.807) is 25.1 Å². The summed E-state index contributed by atoms with van der Waals surface area (Å²) in [5, 5.41) is 2.54. The van der Waals surface area contributed by atoms with E-state index in [9.17, 15) is 13.2 Å². The first-order valence-electron chi connectivity index (χ1n) is 5.70. The zero-order chi connectivity index (χ0) is 14.5. The molecule has 7 heteroatoms. The van der Waals surface area contributed by atoms with Crippen molar-refractivity contribution >= 4 is 27.1 Å². The highest BCUT2D eigenvalue weighted by Crippen LogP contribution is 2.20. The van der Waals surface area contributed by atoms with Crippen molar-refractivity contribution in [2.24, 2.45) is 0 Å². The van der Waals surface area contributed by atoms with E-state index in [0.29, 0.717) is 16.9 Å². The Morgan fingerprint density at radius 3 is 2.74 bits per heavy atom. The second-order valence-corrected chi connectivity index (χ2v) is 6.34. The summed E-state index contributed by atoms with van der Waals surface area (Å²) in [5.74, 6) is -1.32. The lowest BCUT2D eigenvalue weighted by Gasteiger charge is -2.10. The van der Waals surface area contributed by atoms with Crippen LogP contribution in [-0.2, 0) is 19.4 Å². The van der Waals surface area contributed by atoms with Crippen LogP contribution >= 0.6 is 0 Å². The van der Waals surface area contributed by atoms with E-state index >= 15 is 0 Å². The van der Waals surface area contributed by atoms with Crippen LogP contribution in [0.25, 0.3) is 0 Å². The van der Waals surface area contributed by atoms with Crippen molar-refractivity contribution in [3.63, 3.8) is 0 Å². The van der Waals surface area contributed by atoms with E-state index in [1.807, 2.05) is 0 Å². The molecule has 0 spiro atoms. The number of nitrogens with one attached hydrogen (secondary N) is 1. The highest BCUT2D eigenvalue weighted by atomic mass is 32.2. The normalized spacial score (nSPS) is 11.3. The molecule has 0 radical (unpaired) electrons. The van der Waals surface area contributed by atoms with Gasteiger partial charge >= 0.3 is 0 Å². The van der Waals surface area contributed by atoms with E-state index < -0.39 is 21.5 Å². The summed E-state index contributed by atoms with van der Waals surface area (Å²) < 4.78 is 27.8. The van der Waals surface area contributed by atoms with Crippen molar-refractivity contribution in [1.82, 2.24) is 0 Å². The maximum Gasteiger partial charge on any atom is 0.239 e. The smallest absolute Gasteiger partial charge is 0.239 e. The number of anilines is 2. The van der Waals surface area contributed by atoms with Crippen LogP contribution in [0.4, 0.5) is 11.4 Å². The molecule has 0 saturated heterocycles. The van der Waals surface area contributed by atoms with Gasteiger partial charge in [-0.15, -0.1) is 0 Å². The minimum atomic E-state index is -3.45. The zero-order valence-corrected chi connectivity index (χ0v) is 11.8. The van der Waals surface area contributed by atoms with Gasteiger partial charge in [-0.2, -0.15) is 0 Å². The Morgan fingerprint density at radius 2 is 2.11 bits per heavy atom. The first kappa shape index (κ1) is 15.5. The standard InChI is InChI=1S/C12H18N2O4S/c1-9-10(13)4-3-5-11(9)14-12(15)8-19(16,17)7-6-18-2/h3-5H,6-8,13H2,1-2H3,(H,14,15). The minimum Gasteiger partial charge on any atom is -0.398 e. The zero-order valence-electron chi connectivity index (χ0n) is 11.0. The Kier molecular flexibility index (Phi) is 5.31. The van der Waals surface area contributed by atoms with Gasteiger partial charge in [0.2, 0.25) is 5.91 Å². The quantitative estimate of drug-likeness (QED) is 0.745. The molecule has 0 bridgehead atoms. The largest absolute Gasteiger partial charge is 0.398 e. The predicted molar refractivity (Wildman–Crippen MR) is 74.8 cm³/mol. The molecule has 0 fully saturated rings. The van der Waals surface area contributed by atoms with Gasteiger partial charge in [0.15, 0.2) is 9.84 Å². The van der Waals surface area contributed by atoms with Crippen LogP contribution in [0.3, 0.4) is 0 Å². The van der Waals surface area contributed by atoms with E-state index in [0.717, 1.165) is 0 Å². The number of hydrogen-bond donors (Lipinski definition) is 2. The van der Waals surface area contributed by atoms with Gasteiger partial charge in [0.1, 0.15) is 5.75 Å². The molecular weight excluding hydrogens is 268 g/mol. The fourth-order valence-corrected chi connectivity index (χ4v) is 2.49. The first-order chi connectivity index (χ1) is 8.85. The third-order valence-electron chi connectivity index (χ3n) is 2.60. The van der Waals surface area contributed by atoms with E-state index in [-0.39, 0.29) is 12.4 Å². The van der Waals surface area contributed by atoms with Crippen molar-refractivity contribution in [3.05, 3.63) is 23.8 Å². The summed E-state index contributed by atoms with van der Waals surface area (Å²) in [7, 11) is -2.05. The van der Waals surface area contributed by atoms with Gasteiger partial charge in [0, 0.05) is 18.5 Å². The third-order valence-corrected chi connectivity index (χ3v) is 4.09. The molecule has 19 heavy (non-hydrogen) atoms. The molecule has 0 aliphatic rings. The molecule has 0 saturated carbocycles. The Balaban J connectivity index is 2.68. The van der Waals surface area contributed by atoms with Crippen molar-refractivity contribution in [2.45, 2.75) is 6.92 Å². The Morgan fingerprint density at radius 1 is 1.42 bits per heavy atom. The van der Waals surface area contributed by atoms with Crippen LogP contribution in [0, 0.1) is 6.92 Å². The minimum absolute atomic E-state index is 0.0763. The average Bonchev–Trinajstić information content (AvgIpc) is 2.32. The van der Waals surface area contributed by atoms with Gasteiger partial charge < -0.3 is 15.8 Å². The number of hydrogen-bond acceptors (Lipinski definition) is 5. The summed E-state index contributed by atoms with van der Waals surface area (Å²) in [6.45, 7) is 1.83. The molecule has 0 aliphatic heterocycles. The lowest BCUT2D eigenvalue weighted by atomic mass is 10.1. The van der Waals surface area contributed by atoms with Crippen LogP contribution in [0.5, 0.6) is 0 Å². The summed E-state index contributed by atoms with van der Waals surface area (Å²) in [6.07, 6.45) is 0. The number of rotatable bonds is 6. The van der Waals surface area contributed by atoms with Gasteiger partial charge in [0.25, 0.3) is 0 Å². The molecule has 1 rings (SSSR count). The molecule has 0 aromatic heterocycles. The number of carbonyl (C=O) groups is 1. The van der Waals surface area contributed by atoms with Gasteiger partial charge in [-0.1, -0.05) is 6.07 Å². The maximum absolute atomic E-state index is 11.7. The van der Waals surface area contributed by atoms with Crippen LogP contribution in [0.2, 0.25) is 0 Å². The number of carbonyl (C=O) groups excluding carboxylic acids is 1. The first-order valence-corrected chi connectivity index (χ1v) is 7.52. The summed E-state index contributed by atoms with van der Waals surface area (Å²) >= 11 is 0. The van der Waals surface area contributed by atoms with E-state index in [4.69, 9.17) is 5.73 Å². The second-order valence-electron chi connectivity index (χ2n) is 4.15. The number of methoxy groups -OCH3 is 1. The number of benzene rings is 1. The highest BCUT2D eigenvalue weighted by Gasteiger charge is 2.17. The van der Waals surface area contributed by atoms with Crippen molar-refractivity contribution in [2.75, 3.05) is 36.3 Å².